The lowest BCUT2D eigenvalue weighted by Crippen LogP contribution is -1.96. The van der Waals surface area contributed by atoms with E-state index in [1.807, 2.05) is 17.6 Å². The Bertz CT molecular complexity index is 1400. The first kappa shape index (κ1) is 18.1. The van der Waals surface area contributed by atoms with Gasteiger partial charge in [-0.1, -0.05) is 6.07 Å². The Morgan fingerprint density at radius 2 is 1.93 bits per heavy atom. The molecule has 3 heterocycles. The Hall–Kier alpha value is -3.94. The number of ether oxygens (including phenoxy) is 1. The molecule has 0 fully saturated rings. The number of hydrogen-bond donors (Lipinski definition) is 0. The van der Waals surface area contributed by atoms with Crippen molar-refractivity contribution in [3.8, 4) is 28.0 Å². The van der Waals surface area contributed by atoms with Crippen LogP contribution in [0.5, 0.6) is 5.75 Å². The van der Waals surface area contributed by atoms with Crippen LogP contribution >= 0.6 is 0 Å². The molecule has 30 heavy (non-hydrogen) atoms. The van der Waals surface area contributed by atoms with Gasteiger partial charge in [0.2, 0.25) is 0 Å². The summed E-state index contributed by atoms with van der Waals surface area (Å²) in [6.07, 6.45) is 6.55. The van der Waals surface area contributed by atoms with Gasteiger partial charge in [0.15, 0.2) is 5.65 Å². The molecule has 5 aromatic rings. The van der Waals surface area contributed by atoms with Crippen LogP contribution in [0.15, 0.2) is 55.4 Å². The van der Waals surface area contributed by atoms with E-state index in [1.165, 1.54) is 12.4 Å². The summed E-state index contributed by atoms with van der Waals surface area (Å²) in [5.74, 6) is 0.177. The van der Waals surface area contributed by atoms with Crippen molar-refractivity contribution in [3.63, 3.8) is 0 Å². The Morgan fingerprint density at radius 1 is 1.03 bits per heavy atom. The SMILES string of the molecule is CCn1cnc2c(-c3ccc(F)c(-c4cc5cncnc5cc4OC)c3)cnnc21. The van der Waals surface area contributed by atoms with E-state index < -0.39 is 0 Å². The maximum absolute atomic E-state index is 14.9. The molecule has 0 aliphatic carbocycles. The van der Waals surface area contributed by atoms with Crippen molar-refractivity contribution in [2.75, 3.05) is 7.11 Å². The summed E-state index contributed by atoms with van der Waals surface area (Å²) in [4.78, 5) is 12.8. The second-order valence-electron chi connectivity index (χ2n) is 6.79. The van der Waals surface area contributed by atoms with E-state index >= 15 is 0 Å². The molecule has 0 atom stereocenters. The second-order valence-corrected chi connectivity index (χ2v) is 6.79. The number of benzene rings is 2. The number of rotatable bonds is 4. The molecule has 0 aliphatic heterocycles. The maximum Gasteiger partial charge on any atom is 0.183 e. The number of aromatic nitrogens is 6. The molecule has 0 amide bonds. The molecule has 0 saturated carbocycles. The van der Waals surface area contributed by atoms with Crippen molar-refractivity contribution < 1.29 is 9.13 Å². The van der Waals surface area contributed by atoms with Gasteiger partial charge in [0, 0.05) is 40.9 Å². The topological polar surface area (TPSA) is 78.6 Å². The first-order valence-corrected chi connectivity index (χ1v) is 9.44. The van der Waals surface area contributed by atoms with Gasteiger partial charge in [-0.3, -0.25) is 0 Å². The molecular weight excluding hydrogens is 383 g/mol. The number of halogens is 1. The number of methoxy groups -OCH3 is 1. The summed E-state index contributed by atoms with van der Waals surface area (Å²) >= 11 is 0. The lowest BCUT2D eigenvalue weighted by atomic mass is 9.97. The van der Waals surface area contributed by atoms with Crippen molar-refractivity contribution >= 4 is 22.1 Å². The van der Waals surface area contributed by atoms with Crippen LogP contribution in [0.1, 0.15) is 6.92 Å². The number of hydrogen-bond acceptors (Lipinski definition) is 6. The third-order valence-electron chi connectivity index (χ3n) is 5.14. The molecule has 0 N–H and O–H groups in total. The van der Waals surface area contributed by atoms with Gasteiger partial charge in [0.05, 0.1) is 25.2 Å². The Balaban J connectivity index is 1.72. The van der Waals surface area contributed by atoms with E-state index in [9.17, 15) is 4.39 Å². The molecule has 5 rings (SSSR count). The smallest absolute Gasteiger partial charge is 0.183 e. The molecule has 3 aromatic heterocycles. The van der Waals surface area contributed by atoms with E-state index in [4.69, 9.17) is 4.74 Å². The average molecular weight is 400 g/mol. The fourth-order valence-electron chi connectivity index (χ4n) is 3.60. The van der Waals surface area contributed by atoms with E-state index in [0.717, 1.165) is 34.1 Å². The van der Waals surface area contributed by atoms with Gasteiger partial charge in [0.25, 0.3) is 0 Å². The maximum atomic E-state index is 14.9. The van der Waals surface area contributed by atoms with Gasteiger partial charge in [-0.15, -0.1) is 5.10 Å². The van der Waals surface area contributed by atoms with Crippen molar-refractivity contribution in [1.82, 2.24) is 29.7 Å². The van der Waals surface area contributed by atoms with Crippen LogP contribution in [0.2, 0.25) is 0 Å². The van der Waals surface area contributed by atoms with E-state index in [0.29, 0.717) is 22.5 Å². The Labute approximate surface area is 171 Å². The minimum atomic E-state index is -0.356. The normalized spacial score (nSPS) is 11.3. The monoisotopic (exact) mass is 400 g/mol. The lowest BCUT2D eigenvalue weighted by molar-refractivity contribution is 0.416. The molecular formula is C22H17FN6O. The van der Waals surface area contributed by atoms with Crippen molar-refractivity contribution in [2.45, 2.75) is 13.5 Å². The fraction of sp³-hybridized carbons (Fsp3) is 0.136. The molecule has 2 aromatic carbocycles. The highest BCUT2D eigenvalue weighted by Gasteiger charge is 2.16. The zero-order chi connectivity index (χ0) is 20.7. The summed E-state index contributed by atoms with van der Waals surface area (Å²) < 4.78 is 22.4. The minimum absolute atomic E-state index is 0.356. The highest BCUT2D eigenvalue weighted by Crippen LogP contribution is 2.37. The van der Waals surface area contributed by atoms with E-state index in [1.54, 1.807) is 44.0 Å². The molecule has 0 spiro atoms. The summed E-state index contributed by atoms with van der Waals surface area (Å²) in [5.41, 5.74) is 4.76. The predicted octanol–water partition coefficient (Wildman–Crippen LogP) is 4.27. The summed E-state index contributed by atoms with van der Waals surface area (Å²) in [6.45, 7) is 2.75. The summed E-state index contributed by atoms with van der Waals surface area (Å²) in [7, 11) is 1.56. The van der Waals surface area contributed by atoms with E-state index in [2.05, 4.69) is 25.1 Å². The van der Waals surface area contributed by atoms with Crippen molar-refractivity contribution in [2.24, 2.45) is 0 Å². The summed E-state index contributed by atoms with van der Waals surface area (Å²) in [6, 6.07) is 8.57. The number of nitrogens with zero attached hydrogens (tertiary/aromatic N) is 6. The summed E-state index contributed by atoms with van der Waals surface area (Å²) in [5, 5.41) is 9.12. The highest BCUT2D eigenvalue weighted by molar-refractivity contribution is 5.92. The van der Waals surface area contributed by atoms with Crippen LogP contribution in [-0.2, 0) is 6.54 Å². The van der Waals surface area contributed by atoms with Gasteiger partial charge in [0.1, 0.15) is 23.4 Å². The minimum Gasteiger partial charge on any atom is -0.496 e. The Morgan fingerprint density at radius 3 is 2.77 bits per heavy atom. The predicted molar refractivity (Wildman–Crippen MR) is 111 cm³/mol. The third kappa shape index (κ3) is 2.85. The number of imidazole rings is 1. The molecule has 0 radical (unpaired) electrons. The van der Waals surface area contributed by atoms with Crippen LogP contribution in [-0.4, -0.2) is 36.8 Å². The molecule has 0 bridgehead atoms. The fourth-order valence-corrected chi connectivity index (χ4v) is 3.60. The zero-order valence-electron chi connectivity index (χ0n) is 16.4. The second kappa shape index (κ2) is 7.14. The van der Waals surface area contributed by atoms with Gasteiger partial charge >= 0.3 is 0 Å². The quantitative estimate of drug-likeness (QED) is 0.448. The van der Waals surface area contributed by atoms with Crippen LogP contribution in [0.4, 0.5) is 4.39 Å². The van der Waals surface area contributed by atoms with Gasteiger partial charge < -0.3 is 9.30 Å². The number of fused-ring (bicyclic) bond motifs is 2. The van der Waals surface area contributed by atoms with Crippen molar-refractivity contribution in [3.05, 3.63) is 61.2 Å². The third-order valence-corrected chi connectivity index (χ3v) is 5.14. The van der Waals surface area contributed by atoms with Crippen LogP contribution in [0.3, 0.4) is 0 Å². The first-order valence-electron chi connectivity index (χ1n) is 9.44. The molecule has 7 nitrogen and oxygen atoms in total. The Kier molecular flexibility index (Phi) is 4.31. The van der Waals surface area contributed by atoms with Crippen molar-refractivity contribution in [1.29, 1.82) is 0 Å². The molecule has 148 valence electrons. The van der Waals surface area contributed by atoms with Gasteiger partial charge in [-0.2, -0.15) is 5.10 Å². The standard InChI is InChI=1S/C22H17FN6O/c1-3-29-12-26-21-17(10-27-28-22(21)29)13-4-5-18(23)15(6-13)16-7-14-9-24-11-25-19(14)8-20(16)30-2/h4-12H,3H2,1-2H3. The largest absolute Gasteiger partial charge is 0.496 e. The van der Waals surface area contributed by atoms with Gasteiger partial charge in [-0.05, 0) is 30.7 Å². The molecule has 8 heteroatoms. The first-order chi connectivity index (χ1) is 14.7. The average Bonchev–Trinajstić information content (AvgIpc) is 3.22. The molecule has 0 saturated heterocycles. The lowest BCUT2D eigenvalue weighted by Gasteiger charge is -2.13. The molecule has 0 unspecified atom stereocenters. The van der Waals surface area contributed by atoms with Crippen LogP contribution in [0.25, 0.3) is 44.3 Å². The van der Waals surface area contributed by atoms with Crippen LogP contribution in [0, 0.1) is 5.82 Å². The highest BCUT2D eigenvalue weighted by atomic mass is 19.1. The van der Waals surface area contributed by atoms with Crippen LogP contribution < -0.4 is 4.74 Å². The van der Waals surface area contributed by atoms with Gasteiger partial charge in [-0.25, -0.2) is 19.3 Å². The molecule has 0 aliphatic rings. The zero-order valence-corrected chi connectivity index (χ0v) is 16.4. The van der Waals surface area contributed by atoms with E-state index in [-0.39, 0.29) is 5.82 Å². The number of aryl methyl sites for hydroxylation is 1.